The van der Waals surface area contributed by atoms with E-state index in [0.717, 1.165) is 33.8 Å². The van der Waals surface area contributed by atoms with Crippen molar-refractivity contribution in [3.05, 3.63) is 64.4 Å². The monoisotopic (exact) mass is 553 g/mol. The molecule has 3 aromatic rings. The van der Waals surface area contributed by atoms with Gasteiger partial charge in [-0.05, 0) is 42.7 Å². The van der Waals surface area contributed by atoms with Crippen LogP contribution in [0.4, 0.5) is 0 Å². The number of aliphatic imine (C=N–C) groups is 1. The quantitative estimate of drug-likeness (QED) is 0.280. The fraction of sp³-hybridized carbons (Fsp3) is 0.333. The molecule has 1 aromatic heterocycles. The van der Waals surface area contributed by atoms with Gasteiger partial charge in [0.25, 0.3) is 0 Å². The van der Waals surface area contributed by atoms with Crippen LogP contribution in [0.5, 0.6) is 0 Å². The summed E-state index contributed by atoms with van der Waals surface area (Å²) in [5, 5.41) is 6.90. The van der Waals surface area contributed by atoms with Gasteiger partial charge in [0, 0.05) is 30.5 Å². The van der Waals surface area contributed by atoms with Crippen LogP contribution in [0, 0.1) is 0 Å². The molecule has 1 fully saturated rings. The van der Waals surface area contributed by atoms with Gasteiger partial charge in [0.05, 0.1) is 17.6 Å². The second-order valence-electron chi connectivity index (χ2n) is 7.15. The summed E-state index contributed by atoms with van der Waals surface area (Å²) in [7, 11) is 3.86. The lowest BCUT2D eigenvalue weighted by Crippen LogP contribution is -2.41. The molecule has 0 radical (unpaired) electrons. The van der Waals surface area contributed by atoms with Crippen molar-refractivity contribution in [2.45, 2.75) is 24.8 Å². The molecule has 1 heterocycles. The fourth-order valence-electron chi connectivity index (χ4n) is 3.53. The van der Waals surface area contributed by atoms with Crippen molar-refractivity contribution >= 4 is 56.9 Å². The number of para-hydroxylation sites is 2. The van der Waals surface area contributed by atoms with Crippen LogP contribution in [-0.4, -0.2) is 29.1 Å². The van der Waals surface area contributed by atoms with E-state index in [2.05, 4.69) is 73.5 Å². The SMILES string of the molecule is CN=C(NCc1nc2ccccc2n1C)NCC1(c2cccc(Br)c2)CC1.I. The minimum Gasteiger partial charge on any atom is -0.356 e. The molecule has 0 saturated heterocycles. The Labute approximate surface area is 191 Å². The molecular weight excluding hydrogens is 529 g/mol. The molecule has 1 saturated carbocycles. The third kappa shape index (κ3) is 4.35. The van der Waals surface area contributed by atoms with E-state index in [-0.39, 0.29) is 29.4 Å². The molecule has 2 N–H and O–H groups in total. The predicted molar refractivity (Wildman–Crippen MR) is 129 cm³/mol. The number of aromatic nitrogens is 2. The topological polar surface area (TPSA) is 54.2 Å². The lowest BCUT2D eigenvalue weighted by Gasteiger charge is -2.19. The maximum atomic E-state index is 4.71. The number of hydrogen-bond acceptors (Lipinski definition) is 2. The van der Waals surface area contributed by atoms with E-state index in [4.69, 9.17) is 4.98 Å². The molecule has 0 atom stereocenters. The number of halogens is 2. The Bertz CT molecular complexity index is 993. The van der Waals surface area contributed by atoms with Crippen LogP contribution in [-0.2, 0) is 19.0 Å². The molecule has 0 aliphatic heterocycles. The highest BCUT2D eigenvalue weighted by molar-refractivity contribution is 14.0. The highest BCUT2D eigenvalue weighted by Crippen LogP contribution is 2.48. The summed E-state index contributed by atoms with van der Waals surface area (Å²) in [5.74, 6) is 1.80. The van der Waals surface area contributed by atoms with Crippen molar-refractivity contribution in [1.82, 2.24) is 20.2 Å². The van der Waals surface area contributed by atoms with Gasteiger partial charge in [-0.2, -0.15) is 0 Å². The van der Waals surface area contributed by atoms with Crippen LogP contribution in [0.1, 0.15) is 24.2 Å². The van der Waals surface area contributed by atoms with Crippen LogP contribution in [0.25, 0.3) is 11.0 Å². The van der Waals surface area contributed by atoms with E-state index >= 15 is 0 Å². The Morgan fingerprint density at radius 3 is 2.64 bits per heavy atom. The van der Waals surface area contributed by atoms with Gasteiger partial charge in [0.2, 0.25) is 0 Å². The van der Waals surface area contributed by atoms with Gasteiger partial charge in [0.15, 0.2) is 5.96 Å². The summed E-state index contributed by atoms with van der Waals surface area (Å²) in [6, 6.07) is 16.8. The molecule has 0 unspecified atom stereocenters. The summed E-state index contributed by atoms with van der Waals surface area (Å²) >= 11 is 3.58. The average Bonchev–Trinajstić information content (AvgIpc) is 3.41. The number of guanidine groups is 1. The van der Waals surface area contributed by atoms with Gasteiger partial charge < -0.3 is 15.2 Å². The Balaban J connectivity index is 0.00000225. The molecule has 7 heteroatoms. The Morgan fingerprint density at radius 2 is 1.96 bits per heavy atom. The summed E-state index contributed by atoms with van der Waals surface area (Å²) in [6.07, 6.45) is 2.41. The smallest absolute Gasteiger partial charge is 0.191 e. The maximum absolute atomic E-state index is 4.71. The van der Waals surface area contributed by atoms with E-state index in [0.29, 0.717) is 6.54 Å². The molecule has 5 nitrogen and oxygen atoms in total. The minimum atomic E-state index is 0. The van der Waals surface area contributed by atoms with E-state index in [9.17, 15) is 0 Å². The minimum absolute atomic E-state index is 0. The number of aryl methyl sites for hydroxylation is 1. The second-order valence-corrected chi connectivity index (χ2v) is 8.06. The number of nitrogens with one attached hydrogen (secondary N) is 2. The molecule has 148 valence electrons. The third-order valence-corrected chi connectivity index (χ3v) is 5.90. The molecule has 0 amide bonds. The van der Waals surface area contributed by atoms with Crippen molar-refractivity contribution in [1.29, 1.82) is 0 Å². The largest absolute Gasteiger partial charge is 0.356 e. The summed E-state index contributed by atoms with van der Waals surface area (Å²) in [5.41, 5.74) is 3.77. The normalized spacial score (nSPS) is 15.2. The molecule has 0 bridgehead atoms. The summed E-state index contributed by atoms with van der Waals surface area (Å²) in [4.78, 5) is 9.09. The molecule has 2 aromatic carbocycles. The Kier molecular flexibility index (Phi) is 6.65. The first-order chi connectivity index (χ1) is 13.1. The van der Waals surface area contributed by atoms with Gasteiger partial charge in [0.1, 0.15) is 5.82 Å². The van der Waals surface area contributed by atoms with Crippen molar-refractivity contribution in [2.24, 2.45) is 12.0 Å². The first-order valence-corrected chi connectivity index (χ1v) is 10.0. The predicted octanol–water partition coefficient (Wildman–Crippen LogP) is 4.35. The number of hydrogen-bond donors (Lipinski definition) is 2. The number of benzene rings is 2. The zero-order valence-electron chi connectivity index (χ0n) is 16.1. The van der Waals surface area contributed by atoms with Crippen LogP contribution in [0.3, 0.4) is 0 Å². The summed E-state index contributed by atoms with van der Waals surface area (Å²) < 4.78 is 3.26. The van der Waals surface area contributed by atoms with Crippen molar-refractivity contribution < 1.29 is 0 Å². The molecule has 0 spiro atoms. The van der Waals surface area contributed by atoms with Gasteiger partial charge in [-0.1, -0.05) is 40.2 Å². The standard InChI is InChI=1S/C21H24BrN5.HI/c1-23-20(24-13-19-26-17-8-3-4-9-18(17)27(19)2)25-14-21(10-11-21)15-6-5-7-16(22)12-15;/h3-9,12H,10-11,13-14H2,1-2H3,(H2,23,24,25);1H. The highest BCUT2D eigenvalue weighted by atomic mass is 127. The average molecular weight is 554 g/mol. The van der Waals surface area contributed by atoms with E-state index < -0.39 is 0 Å². The zero-order valence-corrected chi connectivity index (χ0v) is 20.0. The Morgan fingerprint density at radius 1 is 1.18 bits per heavy atom. The molecule has 4 rings (SSSR count). The van der Waals surface area contributed by atoms with E-state index in [1.54, 1.807) is 0 Å². The fourth-order valence-corrected chi connectivity index (χ4v) is 3.93. The van der Waals surface area contributed by atoms with Crippen LogP contribution in [0.2, 0.25) is 0 Å². The van der Waals surface area contributed by atoms with Crippen molar-refractivity contribution in [3.63, 3.8) is 0 Å². The lowest BCUT2D eigenvalue weighted by molar-refractivity contribution is 0.641. The first kappa shape index (κ1) is 21.1. The number of fused-ring (bicyclic) bond motifs is 1. The van der Waals surface area contributed by atoms with Gasteiger partial charge in [-0.3, -0.25) is 4.99 Å². The van der Waals surface area contributed by atoms with Crippen molar-refractivity contribution in [3.8, 4) is 0 Å². The first-order valence-electron chi connectivity index (χ1n) is 9.22. The molecule has 28 heavy (non-hydrogen) atoms. The zero-order chi connectivity index (χ0) is 18.9. The lowest BCUT2D eigenvalue weighted by atomic mass is 9.96. The van der Waals surface area contributed by atoms with Gasteiger partial charge in [-0.25, -0.2) is 4.98 Å². The van der Waals surface area contributed by atoms with Crippen molar-refractivity contribution in [2.75, 3.05) is 13.6 Å². The maximum Gasteiger partial charge on any atom is 0.191 e. The Hall–Kier alpha value is -1.61. The third-order valence-electron chi connectivity index (χ3n) is 5.40. The molecule has 1 aliphatic rings. The number of rotatable bonds is 5. The highest BCUT2D eigenvalue weighted by Gasteiger charge is 2.44. The van der Waals surface area contributed by atoms with Gasteiger partial charge in [-0.15, -0.1) is 24.0 Å². The van der Waals surface area contributed by atoms with Crippen LogP contribution >= 0.6 is 39.9 Å². The number of nitrogens with zero attached hydrogens (tertiary/aromatic N) is 3. The second kappa shape index (κ2) is 8.82. The molecule has 1 aliphatic carbocycles. The van der Waals surface area contributed by atoms with E-state index in [1.165, 1.54) is 18.4 Å². The van der Waals surface area contributed by atoms with E-state index in [1.807, 2.05) is 25.2 Å². The molecular formula is C21H25BrIN5. The van der Waals surface area contributed by atoms with Crippen LogP contribution in [0.15, 0.2) is 58.0 Å². The van der Waals surface area contributed by atoms with Crippen LogP contribution < -0.4 is 10.6 Å². The summed E-state index contributed by atoms with van der Waals surface area (Å²) in [6.45, 7) is 1.51. The van der Waals surface area contributed by atoms with Gasteiger partial charge >= 0.3 is 0 Å². The number of imidazole rings is 1.